The predicted molar refractivity (Wildman–Crippen MR) is 92.5 cm³/mol. The van der Waals surface area contributed by atoms with Crippen molar-refractivity contribution in [2.75, 3.05) is 6.54 Å². The van der Waals surface area contributed by atoms with Crippen molar-refractivity contribution >= 4 is 28.4 Å². The fourth-order valence-corrected chi connectivity index (χ4v) is 2.71. The zero-order valence-electron chi connectivity index (χ0n) is 13.0. The molecule has 0 saturated heterocycles. The van der Waals surface area contributed by atoms with E-state index < -0.39 is 0 Å². The second kappa shape index (κ2) is 7.45. The Labute approximate surface area is 144 Å². The summed E-state index contributed by atoms with van der Waals surface area (Å²) in [7, 11) is 0. The van der Waals surface area contributed by atoms with E-state index in [1.165, 1.54) is 12.1 Å². The highest BCUT2D eigenvalue weighted by atomic mass is 35.5. The molecule has 6 heteroatoms. The van der Waals surface area contributed by atoms with Gasteiger partial charge in [0.2, 0.25) is 5.91 Å². The van der Waals surface area contributed by atoms with Crippen molar-refractivity contribution in [3.05, 3.63) is 65.1 Å². The topological polar surface area (TPSA) is 46.9 Å². The molecule has 0 saturated carbocycles. The molecule has 0 radical (unpaired) electrons. The maximum absolute atomic E-state index is 12.8. The molecular weight excluding hydrogens is 329 g/mol. The quantitative estimate of drug-likeness (QED) is 0.742. The lowest BCUT2D eigenvalue weighted by Gasteiger charge is -2.06. The first-order chi connectivity index (χ1) is 11.6. The van der Waals surface area contributed by atoms with Gasteiger partial charge in [-0.05, 0) is 42.3 Å². The second-order valence-corrected chi connectivity index (χ2v) is 5.98. The molecule has 2 aromatic carbocycles. The molecule has 0 unspecified atom stereocenters. The van der Waals surface area contributed by atoms with Crippen molar-refractivity contribution in [2.45, 2.75) is 19.4 Å². The fourth-order valence-electron chi connectivity index (χ4n) is 2.53. The third kappa shape index (κ3) is 4.11. The number of aromatic nitrogens is 2. The van der Waals surface area contributed by atoms with E-state index in [2.05, 4.69) is 10.4 Å². The van der Waals surface area contributed by atoms with Gasteiger partial charge < -0.3 is 5.32 Å². The van der Waals surface area contributed by atoms with Crippen LogP contribution in [-0.4, -0.2) is 22.2 Å². The lowest BCUT2D eigenvalue weighted by molar-refractivity contribution is -0.121. The first-order valence-electron chi connectivity index (χ1n) is 7.74. The van der Waals surface area contributed by atoms with Crippen LogP contribution in [0.3, 0.4) is 0 Å². The Kier molecular flexibility index (Phi) is 5.11. The van der Waals surface area contributed by atoms with Crippen LogP contribution < -0.4 is 5.32 Å². The number of hydrogen-bond donors (Lipinski definition) is 1. The molecule has 0 atom stereocenters. The van der Waals surface area contributed by atoms with E-state index >= 15 is 0 Å². The normalized spacial score (nSPS) is 10.9. The lowest BCUT2D eigenvalue weighted by Crippen LogP contribution is -2.26. The molecule has 1 N–H and O–H groups in total. The Balaban J connectivity index is 1.47. The maximum atomic E-state index is 12.8. The van der Waals surface area contributed by atoms with Gasteiger partial charge in [0, 0.05) is 23.4 Å². The van der Waals surface area contributed by atoms with Gasteiger partial charge in [-0.2, -0.15) is 5.10 Å². The molecular formula is C18H17ClFN3O. The Morgan fingerprint density at radius 1 is 1.21 bits per heavy atom. The summed E-state index contributed by atoms with van der Waals surface area (Å²) in [6, 6.07) is 11.9. The second-order valence-electron chi connectivity index (χ2n) is 5.55. The van der Waals surface area contributed by atoms with Crippen molar-refractivity contribution in [3.63, 3.8) is 0 Å². The van der Waals surface area contributed by atoms with Crippen molar-refractivity contribution in [1.29, 1.82) is 0 Å². The maximum Gasteiger partial charge on any atom is 0.221 e. The van der Waals surface area contributed by atoms with E-state index in [1.54, 1.807) is 23.0 Å². The minimum absolute atomic E-state index is 0.0327. The average molecular weight is 346 g/mol. The van der Waals surface area contributed by atoms with E-state index in [1.807, 2.05) is 18.2 Å². The Morgan fingerprint density at radius 3 is 2.79 bits per heavy atom. The molecule has 124 valence electrons. The summed E-state index contributed by atoms with van der Waals surface area (Å²) in [5.74, 6) is -0.287. The largest absolute Gasteiger partial charge is 0.356 e. The minimum Gasteiger partial charge on any atom is -0.356 e. The molecule has 1 amide bonds. The molecule has 0 fully saturated rings. The van der Waals surface area contributed by atoms with Crippen molar-refractivity contribution in [2.24, 2.45) is 0 Å². The van der Waals surface area contributed by atoms with Gasteiger partial charge in [-0.1, -0.05) is 23.7 Å². The van der Waals surface area contributed by atoms with E-state index in [-0.39, 0.29) is 11.7 Å². The number of fused-ring (bicyclic) bond motifs is 1. The standard InChI is InChI=1S/C18H17ClFN3O/c19-15-3-6-17-14(11-15)12-22-23(17)10-8-18(24)21-9-7-13-1-4-16(20)5-2-13/h1-6,11-12H,7-10H2,(H,21,24). The molecule has 0 bridgehead atoms. The van der Waals surface area contributed by atoms with Crippen LogP contribution >= 0.6 is 11.6 Å². The van der Waals surface area contributed by atoms with Crippen molar-refractivity contribution < 1.29 is 9.18 Å². The van der Waals surface area contributed by atoms with Gasteiger partial charge in [0.05, 0.1) is 18.3 Å². The van der Waals surface area contributed by atoms with Crippen molar-refractivity contribution in [1.82, 2.24) is 15.1 Å². The minimum atomic E-state index is -0.254. The first kappa shape index (κ1) is 16.5. The number of rotatable bonds is 6. The van der Waals surface area contributed by atoms with Gasteiger partial charge in [-0.3, -0.25) is 9.48 Å². The molecule has 0 aliphatic rings. The molecule has 1 heterocycles. The molecule has 3 aromatic rings. The van der Waals surface area contributed by atoms with Crippen LogP contribution in [0.2, 0.25) is 5.02 Å². The smallest absolute Gasteiger partial charge is 0.221 e. The molecule has 0 spiro atoms. The number of nitrogens with zero attached hydrogens (tertiary/aromatic N) is 2. The van der Waals surface area contributed by atoms with Gasteiger partial charge in [0.15, 0.2) is 0 Å². The molecule has 0 aliphatic carbocycles. The van der Waals surface area contributed by atoms with Crippen LogP contribution in [0.1, 0.15) is 12.0 Å². The predicted octanol–water partition coefficient (Wildman–Crippen LogP) is 3.58. The van der Waals surface area contributed by atoms with Crippen LogP contribution in [-0.2, 0) is 17.8 Å². The monoisotopic (exact) mass is 345 g/mol. The highest BCUT2D eigenvalue weighted by Gasteiger charge is 2.06. The zero-order chi connectivity index (χ0) is 16.9. The molecule has 24 heavy (non-hydrogen) atoms. The number of carbonyl (C=O) groups excluding carboxylic acids is 1. The van der Waals surface area contributed by atoms with Gasteiger partial charge in [-0.15, -0.1) is 0 Å². The number of aryl methyl sites for hydroxylation is 1. The van der Waals surface area contributed by atoms with E-state index in [9.17, 15) is 9.18 Å². The summed E-state index contributed by atoms with van der Waals surface area (Å²) in [6.07, 6.45) is 2.77. The average Bonchev–Trinajstić information content (AvgIpc) is 2.97. The van der Waals surface area contributed by atoms with E-state index in [4.69, 9.17) is 11.6 Å². The number of carbonyl (C=O) groups is 1. The number of hydrogen-bond acceptors (Lipinski definition) is 2. The molecule has 1 aromatic heterocycles. The SMILES string of the molecule is O=C(CCn1ncc2cc(Cl)ccc21)NCCc1ccc(F)cc1. The highest BCUT2D eigenvalue weighted by molar-refractivity contribution is 6.31. The molecule has 4 nitrogen and oxygen atoms in total. The Bertz CT molecular complexity index is 845. The van der Waals surface area contributed by atoms with Crippen LogP contribution in [0.4, 0.5) is 4.39 Å². The van der Waals surface area contributed by atoms with Crippen LogP contribution in [0.15, 0.2) is 48.7 Å². The summed E-state index contributed by atoms with van der Waals surface area (Å²) in [6.45, 7) is 1.04. The van der Waals surface area contributed by atoms with E-state index in [0.29, 0.717) is 31.0 Å². The number of halogens is 2. The lowest BCUT2D eigenvalue weighted by atomic mass is 10.1. The fraction of sp³-hybridized carbons (Fsp3) is 0.222. The third-order valence-electron chi connectivity index (χ3n) is 3.80. The highest BCUT2D eigenvalue weighted by Crippen LogP contribution is 2.19. The summed E-state index contributed by atoms with van der Waals surface area (Å²) >= 11 is 5.95. The van der Waals surface area contributed by atoms with Crippen LogP contribution in [0.25, 0.3) is 10.9 Å². The van der Waals surface area contributed by atoms with Crippen LogP contribution in [0, 0.1) is 5.82 Å². The summed E-state index contributed by atoms with van der Waals surface area (Å²) in [5, 5.41) is 8.78. The number of amides is 1. The van der Waals surface area contributed by atoms with Crippen LogP contribution in [0.5, 0.6) is 0 Å². The summed E-state index contributed by atoms with van der Waals surface area (Å²) in [5.41, 5.74) is 1.95. The Morgan fingerprint density at radius 2 is 2.00 bits per heavy atom. The first-order valence-corrected chi connectivity index (χ1v) is 8.12. The van der Waals surface area contributed by atoms with Gasteiger partial charge in [0.25, 0.3) is 0 Å². The summed E-state index contributed by atoms with van der Waals surface area (Å²) in [4.78, 5) is 11.9. The van der Waals surface area contributed by atoms with Gasteiger partial charge in [-0.25, -0.2) is 4.39 Å². The Hall–Kier alpha value is -2.40. The van der Waals surface area contributed by atoms with E-state index in [0.717, 1.165) is 16.5 Å². The van der Waals surface area contributed by atoms with Gasteiger partial charge >= 0.3 is 0 Å². The third-order valence-corrected chi connectivity index (χ3v) is 4.04. The van der Waals surface area contributed by atoms with Crippen molar-refractivity contribution in [3.8, 4) is 0 Å². The number of nitrogens with one attached hydrogen (secondary N) is 1. The molecule has 3 rings (SSSR count). The van der Waals surface area contributed by atoms with Gasteiger partial charge in [0.1, 0.15) is 5.82 Å². The zero-order valence-corrected chi connectivity index (χ0v) is 13.8. The molecule has 0 aliphatic heterocycles. The summed E-state index contributed by atoms with van der Waals surface area (Å²) < 4.78 is 14.6. The number of benzene rings is 2.